The Morgan fingerprint density at radius 1 is 1.14 bits per heavy atom. The number of fused-ring (bicyclic) bond motifs is 1. The Kier molecular flexibility index (Phi) is 4.93. The number of carbonyl (C=O) groups excluding carboxylic acids is 1. The summed E-state index contributed by atoms with van der Waals surface area (Å²) < 4.78 is 12.9. The van der Waals surface area contributed by atoms with E-state index in [-0.39, 0.29) is 12.3 Å². The van der Waals surface area contributed by atoms with Crippen molar-refractivity contribution in [2.24, 2.45) is 5.10 Å². The van der Waals surface area contributed by atoms with Crippen molar-refractivity contribution in [1.29, 1.82) is 0 Å². The lowest BCUT2D eigenvalue weighted by atomic mass is 10.2. The van der Waals surface area contributed by atoms with Gasteiger partial charge in [-0.3, -0.25) is 14.9 Å². The van der Waals surface area contributed by atoms with Crippen LogP contribution in [-0.2, 0) is 4.79 Å². The SMILES string of the molecule is O=C(N/N=C/c1cccn1-c1ccc([N+](=O)[O-])cc1)C1COc2ccccc2O1. The summed E-state index contributed by atoms with van der Waals surface area (Å²) in [4.78, 5) is 22.6. The minimum absolute atomic E-state index is 0.0136. The molecule has 0 spiro atoms. The van der Waals surface area contributed by atoms with Gasteiger partial charge in [0, 0.05) is 24.0 Å². The van der Waals surface area contributed by atoms with E-state index in [0.29, 0.717) is 17.2 Å². The number of carbonyl (C=O) groups is 1. The number of benzene rings is 2. The molecule has 1 atom stereocenters. The molecule has 146 valence electrons. The van der Waals surface area contributed by atoms with E-state index in [2.05, 4.69) is 10.5 Å². The molecule has 2 aromatic carbocycles. The summed E-state index contributed by atoms with van der Waals surface area (Å²) >= 11 is 0. The van der Waals surface area contributed by atoms with Crippen molar-refractivity contribution in [2.45, 2.75) is 6.10 Å². The molecule has 1 N–H and O–H groups in total. The first-order chi connectivity index (χ1) is 14.1. The van der Waals surface area contributed by atoms with Crippen LogP contribution < -0.4 is 14.9 Å². The van der Waals surface area contributed by atoms with Gasteiger partial charge in [0.25, 0.3) is 11.6 Å². The van der Waals surface area contributed by atoms with E-state index >= 15 is 0 Å². The quantitative estimate of drug-likeness (QED) is 0.408. The van der Waals surface area contributed by atoms with E-state index in [1.165, 1.54) is 18.3 Å². The molecule has 0 fully saturated rings. The van der Waals surface area contributed by atoms with Crippen molar-refractivity contribution in [2.75, 3.05) is 6.61 Å². The number of rotatable bonds is 5. The van der Waals surface area contributed by atoms with E-state index in [9.17, 15) is 14.9 Å². The van der Waals surface area contributed by atoms with Crippen molar-refractivity contribution in [1.82, 2.24) is 9.99 Å². The second-order valence-electron chi connectivity index (χ2n) is 6.18. The molecule has 0 saturated heterocycles. The molecule has 1 aromatic heterocycles. The fraction of sp³-hybridized carbons (Fsp3) is 0.100. The van der Waals surface area contributed by atoms with Gasteiger partial charge in [0.1, 0.15) is 6.61 Å². The number of nitro groups is 1. The number of hydrogen-bond acceptors (Lipinski definition) is 6. The zero-order valence-electron chi connectivity index (χ0n) is 15.1. The van der Waals surface area contributed by atoms with Crippen LogP contribution in [0.2, 0.25) is 0 Å². The van der Waals surface area contributed by atoms with Gasteiger partial charge >= 0.3 is 0 Å². The van der Waals surface area contributed by atoms with Gasteiger partial charge < -0.3 is 14.0 Å². The predicted octanol–water partition coefficient (Wildman–Crippen LogP) is 2.68. The third-order valence-electron chi connectivity index (χ3n) is 4.29. The third kappa shape index (κ3) is 3.93. The van der Waals surface area contributed by atoms with Gasteiger partial charge in [0.2, 0.25) is 6.10 Å². The van der Waals surface area contributed by atoms with E-state index in [0.717, 1.165) is 5.69 Å². The molecule has 9 nitrogen and oxygen atoms in total. The number of non-ortho nitro benzene ring substituents is 1. The fourth-order valence-electron chi connectivity index (χ4n) is 2.85. The number of ether oxygens (including phenoxy) is 2. The molecule has 1 amide bonds. The lowest BCUT2D eigenvalue weighted by molar-refractivity contribution is -0.384. The van der Waals surface area contributed by atoms with Crippen molar-refractivity contribution < 1.29 is 19.2 Å². The van der Waals surface area contributed by atoms with E-state index < -0.39 is 16.9 Å². The number of aromatic nitrogens is 1. The predicted molar refractivity (Wildman–Crippen MR) is 105 cm³/mol. The van der Waals surface area contributed by atoms with Crippen molar-refractivity contribution >= 4 is 17.8 Å². The van der Waals surface area contributed by atoms with Gasteiger partial charge in [-0.15, -0.1) is 0 Å². The highest BCUT2D eigenvalue weighted by atomic mass is 16.6. The molecular weight excluding hydrogens is 376 g/mol. The number of nitro benzene ring substituents is 1. The largest absolute Gasteiger partial charge is 0.485 e. The van der Waals surface area contributed by atoms with Crippen molar-refractivity contribution in [3.8, 4) is 17.2 Å². The number of hydrogen-bond donors (Lipinski definition) is 1. The molecule has 0 bridgehead atoms. The van der Waals surface area contributed by atoms with Crippen LogP contribution in [0.5, 0.6) is 11.5 Å². The van der Waals surface area contributed by atoms with Gasteiger partial charge in [-0.1, -0.05) is 12.1 Å². The Hall–Kier alpha value is -4.14. The smallest absolute Gasteiger partial charge is 0.284 e. The minimum atomic E-state index is -0.802. The highest BCUT2D eigenvalue weighted by molar-refractivity contribution is 5.84. The molecule has 1 aliphatic rings. The van der Waals surface area contributed by atoms with Crippen LogP contribution in [0.1, 0.15) is 5.69 Å². The average Bonchev–Trinajstić information content (AvgIpc) is 3.22. The van der Waals surface area contributed by atoms with Gasteiger partial charge in [0.05, 0.1) is 16.8 Å². The minimum Gasteiger partial charge on any atom is -0.485 e. The van der Waals surface area contributed by atoms with Crippen LogP contribution in [0.15, 0.2) is 72.0 Å². The molecule has 3 aromatic rings. The van der Waals surface area contributed by atoms with Gasteiger partial charge in [-0.05, 0) is 36.4 Å². The van der Waals surface area contributed by atoms with Gasteiger partial charge in [0.15, 0.2) is 11.5 Å². The number of amides is 1. The number of hydrazone groups is 1. The topological polar surface area (TPSA) is 108 Å². The Balaban J connectivity index is 1.41. The summed E-state index contributed by atoms with van der Waals surface area (Å²) in [5.41, 5.74) is 3.88. The molecule has 1 aliphatic heterocycles. The zero-order valence-corrected chi connectivity index (χ0v) is 15.1. The van der Waals surface area contributed by atoms with Crippen LogP contribution in [0.4, 0.5) is 5.69 Å². The molecular formula is C20H16N4O5. The maximum absolute atomic E-state index is 12.3. The standard InChI is InChI=1S/C20H16N4O5/c25-20(19-13-28-17-5-1-2-6-18(17)29-19)22-21-12-16-4-3-11-23(16)14-7-9-15(10-8-14)24(26)27/h1-12,19H,13H2,(H,22,25)/b21-12+. The van der Waals surface area contributed by atoms with E-state index in [4.69, 9.17) is 9.47 Å². The van der Waals surface area contributed by atoms with Crippen LogP contribution in [0.25, 0.3) is 5.69 Å². The summed E-state index contributed by atoms with van der Waals surface area (Å²) in [6.07, 6.45) is 2.47. The molecule has 1 unspecified atom stereocenters. The van der Waals surface area contributed by atoms with Crippen molar-refractivity contribution in [3.63, 3.8) is 0 Å². The zero-order chi connectivity index (χ0) is 20.2. The third-order valence-corrected chi connectivity index (χ3v) is 4.29. The molecule has 0 saturated carbocycles. The number of nitrogens with zero attached hydrogens (tertiary/aromatic N) is 3. The summed E-state index contributed by atoms with van der Waals surface area (Å²) in [5.74, 6) is 0.681. The van der Waals surface area contributed by atoms with Crippen molar-refractivity contribution in [3.05, 3.63) is 82.7 Å². The highest BCUT2D eigenvalue weighted by Crippen LogP contribution is 2.30. The fourth-order valence-corrected chi connectivity index (χ4v) is 2.85. The first-order valence-corrected chi connectivity index (χ1v) is 8.75. The summed E-state index contributed by atoms with van der Waals surface area (Å²) in [6, 6.07) is 16.9. The van der Waals surface area contributed by atoms with E-state index in [1.807, 2.05) is 6.07 Å². The lowest BCUT2D eigenvalue weighted by Crippen LogP contribution is -2.42. The number of para-hydroxylation sites is 2. The maximum Gasteiger partial charge on any atom is 0.284 e. The van der Waals surface area contributed by atoms with Gasteiger partial charge in [-0.2, -0.15) is 5.10 Å². The average molecular weight is 392 g/mol. The summed E-state index contributed by atoms with van der Waals surface area (Å²) in [6.45, 7) is 0.0948. The van der Waals surface area contributed by atoms with Crippen LogP contribution in [-0.4, -0.2) is 34.3 Å². The molecule has 9 heteroatoms. The Morgan fingerprint density at radius 3 is 2.66 bits per heavy atom. The first-order valence-electron chi connectivity index (χ1n) is 8.75. The second-order valence-corrected chi connectivity index (χ2v) is 6.18. The summed E-state index contributed by atoms with van der Waals surface area (Å²) in [7, 11) is 0. The Morgan fingerprint density at radius 2 is 1.90 bits per heavy atom. The molecule has 2 heterocycles. The summed E-state index contributed by atoms with van der Waals surface area (Å²) in [5, 5.41) is 14.8. The molecule has 0 aliphatic carbocycles. The Labute approximate surface area is 165 Å². The molecule has 4 rings (SSSR count). The maximum atomic E-state index is 12.3. The monoisotopic (exact) mass is 392 g/mol. The molecule has 0 radical (unpaired) electrons. The lowest BCUT2D eigenvalue weighted by Gasteiger charge is -2.24. The second kappa shape index (κ2) is 7.85. The Bertz CT molecular complexity index is 1070. The van der Waals surface area contributed by atoms with E-state index in [1.54, 1.807) is 53.2 Å². The van der Waals surface area contributed by atoms with Gasteiger partial charge in [-0.25, -0.2) is 5.43 Å². The first kappa shape index (κ1) is 18.2. The van der Waals surface area contributed by atoms with Crippen LogP contribution >= 0.6 is 0 Å². The van der Waals surface area contributed by atoms with Crippen LogP contribution in [0, 0.1) is 10.1 Å². The molecule has 29 heavy (non-hydrogen) atoms. The highest BCUT2D eigenvalue weighted by Gasteiger charge is 2.27. The normalized spacial score (nSPS) is 15.2. The van der Waals surface area contributed by atoms with Crippen LogP contribution in [0.3, 0.4) is 0 Å². The number of nitrogens with one attached hydrogen (secondary N) is 1.